The summed E-state index contributed by atoms with van der Waals surface area (Å²) in [6.45, 7) is 3.49. The number of ketones is 3. The Morgan fingerprint density at radius 3 is 2.27 bits per heavy atom. The Hall–Kier alpha value is -2.91. The highest BCUT2D eigenvalue weighted by molar-refractivity contribution is 6.32. The van der Waals surface area contributed by atoms with Gasteiger partial charge in [-0.05, 0) is 37.0 Å². The summed E-state index contributed by atoms with van der Waals surface area (Å²) in [5.41, 5.74) is 1.49. The highest BCUT2D eigenvalue weighted by Gasteiger charge is 2.44. The number of benzene rings is 2. The van der Waals surface area contributed by atoms with Gasteiger partial charge in [0.2, 0.25) is 6.29 Å². The third kappa shape index (κ3) is 3.33. The van der Waals surface area contributed by atoms with Crippen molar-refractivity contribution in [3.05, 3.63) is 63.7 Å². The normalized spacial score (nSPS) is 31.0. The lowest BCUT2D eigenvalue weighted by molar-refractivity contribution is -0.268. The van der Waals surface area contributed by atoms with Crippen LogP contribution in [-0.2, 0) is 11.2 Å². The first kappa shape index (κ1) is 21.9. The van der Waals surface area contributed by atoms with E-state index in [1.807, 2.05) is 6.92 Å². The van der Waals surface area contributed by atoms with Crippen LogP contribution in [0.25, 0.3) is 0 Å². The minimum absolute atomic E-state index is 0.00834. The van der Waals surface area contributed by atoms with E-state index in [0.717, 1.165) is 5.56 Å². The van der Waals surface area contributed by atoms with Gasteiger partial charge in [0.1, 0.15) is 24.1 Å². The van der Waals surface area contributed by atoms with Crippen LogP contribution in [-0.4, -0.2) is 63.4 Å². The molecule has 2 aliphatic carbocycles. The predicted molar refractivity (Wildman–Crippen MR) is 115 cm³/mol. The second-order valence-electron chi connectivity index (χ2n) is 9.10. The molecule has 3 N–H and O–H groups in total. The molecule has 1 heterocycles. The molecular weight excluding hydrogens is 428 g/mol. The molecule has 172 valence electrons. The molecule has 0 spiro atoms. The maximum atomic E-state index is 13.5. The van der Waals surface area contributed by atoms with Crippen LogP contribution in [0.3, 0.4) is 0 Å². The summed E-state index contributed by atoms with van der Waals surface area (Å²) >= 11 is 0. The zero-order chi connectivity index (χ0) is 23.6. The average Bonchev–Trinajstić information content (AvgIpc) is 2.78. The largest absolute Gasteiger partial charge is 0.461 e. The average molecular weight is 452 g/mol. The van der Waals surface area contributed by atoms with Crippen molar-refractivity contribution in [1.82, 2.24) is 0 Å². The number of rotatable bonds is 2. The first-order valence-corrected chi connectivity index (χ1v) is 11.0. The molecule has 8 nitrogen and oxygen atoms in total. The van der Waals surface area contributed by atoms with Gasteiger partial charge in [-0.3, -0.25) is 14.4 Å². The summed E-state index contributed by atoms with van der Waals surface area (Å²) in [5.74, 6) is -0.864. The summed E-state index contributed by atoms with van der Waals surface area (Å²) in [6, 6.07) is 7.81. The Labute approximate surface area is 189 Å². The Kier molecular flexibility index (Phi) is 5.21. The van der Waals surface area contributed by atoms with Crippen molar-refractivity contribution in [2.24, 2.45) is 5.92 Å². The quantitative estimate of drug-likeness (QED) is 0.532. The summed E-state index contributed by atoms with van der Waals surface area (Å²) in [4.78, 5) is 39.8. The zero-order valence-corrected chi connectivity index (χ0v) is 18.1. The smallest absolute Gasteiger partial charge is 0.229 e. The lowest BCUT2D eigenvalue weighted by atomic mass is 9.74. The number of hydrogen-bond acceptors (Lipinski definition) is 8. The Bertz CT molecular complexity index is 1190. The molecule has 8 heteroatoms. The van der Waals surface area contributed by atoms with Gasteiger partial charge in [-0.15, -0.1) is 0 Å². The Balaban J connectivity index is 1.57. The van der Waals surface area contributed by atoms with Crippen LogP contribution in [0.15, 0.2) is 30.3 Å². The molecule has 6 atom stereocenters. The van der Waals surface area contributed by atoms with Gasteiger partial charge in [-0.25, -0.2) is 0 Å². The van der Waals surface area contributed by atoms with E-state index in [9.17, 15) is 29.7 Å². The molecule has 33 heavy (non-hydrogen) atoms. The number of hydrogen-bond donors (Lipinski definition) is 3. The molecule has 2 aromatic rings. The molecule has 5 rings (SSSR count). The van der Waals surface area contributed by atoms with Gasteiger partial charge in [0.25, 0.3) is 0 Å². The monoisotopic (exact) mass is 452 g/mol. The fraction of sp³-hybridized carbons (Fsp3) is 0.400. The summed E-state index contributed by atoms with van der Waals surface area (Å²) in [6.07, 6.45) is -5.58. The first-order chi connectivity index (χ1) is 15.7. The van der Waals surface area contributed by atoms with Crippen molar-refractivity contribution in [1.29, 1.82) is 0 Å². The van der Waals surface area contributed by atoms with Gasteiger partial charge < -0.3 is 24.8 Å². The third-order valence-corrected chi connectivity index (χ3v) is 6.69. The summed E-state index contributed by atoms with van der Waals surface area (Å²) < 4.78 is 11.2. The fourth-order valence-corrected chi connectivity index (χ4v) is 4.98. The summed E-state index contributed by atoms with van der Waals surface area (Å²) in [7, 11) is 0. The lowest BCUT2D eigenvalue weighted by Crippen LogP contribution is -2.58. The molecule has 0 unspecified atom stereocenters. The van der Waals surface area contributed by atoms with Crippen LogP contribution < -0.4 is 4.74 Å². The van der Waals surface area contributed by atoms with Crippen molar-refractivity contribution in [3.8, 4) is 5.75 Å². The molecule has 2 aromatic carbocycles. The maximum absolute atomic E-state index is 13.5. The van der Waals surface area contributed by atoms with Crippen molar-refractivity contribution >= 4 is 17.3 Å². The van der Waals surface area contributed by atoms with Crippen LogP contribution >= 0.6 is 0 Å². The Morgan fingerprint density at radius 1 is 0.818 bits per heavy atom. The minimum Gasteiger partial charge on any atom is -0.461 e. The molecule has 1 fully saturated rings. The second kappa shape index (κ2) is 7.85. The minimum atomic E-state index is -1.57. The molecule has 0 bridgehead atoms. The molecule has 3 aliphatic rings. The van der Waals surface area contributed by atoms with Gasteiger partial charge >= 0.3 is 0 Å². The van der Waals surface area contributed by atoms with Crippen molar-refractivity contribution in [2.75, 3.05) is 0 Å². The fourth-order valence-electron chi connectivity index (χ4n) is 4.98. The van der Waals surface area contributed by atoms with E-state index in [0.29, 0.717) is 18.4 Å². The standard InChI is InChI=1S/C25H24O8/c1-10-8-12-6-7-14-19(17(12)15(26)9-10)22(29)13-4-3-5-16(18(13)21(14)28)33-25-24(31)23(30)20(27)11(2)32-25/h3-7,10-11,20,23-25,27,30-31H,8-9H2,1-2H3/t10-,11-,20-,23+,24+,25-/m0/s1. The predicted octanol–water partition coefficient (Wildman–Crippen LogP) is 1.43. The third-order valence-electron chi connectivity index (χ3n) is 6.69. The van der Waals surface area contributed by atoms with E-state index in [2.05, 4.69) is 0 Å². The van der Waals surface area contributed by atoms with Crippen LogP contribution in [0.2, 0.25) is 0 Å². The van der Waals surface area contributed by atoms with E-state index in [-0.39, 0.29) is 39.7 Å². The summed E-state index contributed by atoms with van der Waals surface area (Å²) in [5, 5.41) is 30.3. The maximum Gasteiger partial charge on any atom is 0.229 e. The molecule has 0 radical (unpaired) electrons. The number of fused-ring (bicyclic) bond motifs is 4. The van der Waals surface area contributed by atoms with E-state index in [1.54, 1.807) is 12.1 Å². The number of carbonyl (C=O) groups excluding carboxylic acids is 3. The highest BCUT2D eigenvalue weighted by atomic mass is 16.7. The van der Waals surface area contributed by atoms with Crippen LogP contribution in [0, 0.1) is 5.92 Å². The molecule has 0 amide bonds. The van der Waals surface area contributed by atoms with Gasteiger partial charge in [-0.1, -0.05) is 25.1 Å². The van der Waals surface area contributed by atoms with Crippen LogP contribution in [0.4, 0.5) is 0 Å². The molecule has 0 aromatic heterocycles. The Morgan fingerprint density at radius 2 is 1.52 bits per heavy atom. The molecular formula is C25H24O8. The molecule has 1 aliphatic heterocycles. The lowest BCUT2D eigenvalue weighted by Gasteiger charge is -2.39. The van der Waals surface area contributed by atoms with Gasteiger partial charge in [0.15, 0.2) is 17.3 Å². The highest BCUT2D eigenvalue weighted by Crippen LogP contribution is 2.39. The number of aliphatic hydroxyl groups is 3. The number of carbonyl (C=O) groups is 3. The molecule has 1 saturated heterocycles. The van der Waals surface area contributed by atoms with Gasteiger partial charge in [0, 0.05) is 28.7 Å². The number of Topliss-reactive ketones (excluding diaryl/α,β-unsaturated/α-hetero) is 1. The first-order valence-electron chi connectivity index (χ1n) is 11.0. The number of ether oxygens (including phenoxy) is 2. The SMILES string of the molecule is C[C@@H]1CC(=O)c2c(ccc3c2C(=O)c2cccc(O[C@@H]4O[C@@H](C)[C@H](O)[C@@H](O)[C@H]4O)c2C3=O)C1. The zero-order valence-electron chi connectivity index (χ0n) is 18.1. The van der Waals surface area contributed by atoms with E-state index in [1.165, 1.54) is 25.1 Å². The second-order valence-corrected chi connectivity index (χ2v) is 9.10. The topological polar surface area (TPSA) is 130 Å². The van der Waals surface area contributed by atoms with E-state index >= 15 is 0 Å². The van der Waals surface area contributed by atoms with E-state index < -0.39 is 42.3 Å². The molecule has 0 saturated carbocycles. The number of aliphatic hydroxyl groups excluding tert-OH is 3. The van der Waals surface area contributed by atoms with Crippen LogP contribution in [0.5, 0.6) is 5.75 Å². The van der Waals surface area contributed by atoms with Crippen molar-refractivity contribution in [3.63, 3.8) is 0 Å². The van der Waals surface area contributed by atoms with Gasteiger partial charge in [0.05, 0.1) is 11.7 Å². The van der Waals surface area contributed by atoms with Crippen molar-refractivity contribution in [2.45, 2.75) is 57.4 Å². The van der Waals surface area contributed by atoms with Gasteiger partial charge in [-0.2, -0.15) is 0 Å². The van der Waals surface area contributed by atoms with Crippen LogP contribution in [0.1, 0.15) is 68.0 Å². The van der Waals surface area contributed by atoms with Crippen molar-refractivity contribution < 1.29 is 39.2 Å². The van der Waals surface area contributed by atoms with E-state index in [4.69, 9.17) is 9.47 Å².